The van der Waals surface area contributed by atoms with Crippen molar-refractivity contribution in [3.05, 3.63) is 0 Å². The van der Waals surface area contributed by atoms with Crippen molar-refractivity contribution in [1.82, 2.24) is 0 Å². The Hall–Kier alpha value is 0.430. The number of alkyl halides is 2. The van der Waals surface area contributed by atoms with E-state index in [2.05, 4.69) is 36.6 Å². The number of unbranched alkanes of at least 4 members (excludes halogenated alkanes) is 1. The smallest absolute Gasteiger partial charge is 0.319 e. The predicted molar refractivity (Wildman–Crippen MR) is 52.4 cm³/mol. The molecule has 0 rings (SSSR count). The minimum absolute atomic E-state index is 0.133. The molecule has 0 unspecified atom stereocenters. The fraction of sp³-hybridized carbons (Fsp3) is 0.857. The van der Waals surface area contributed by atoms with E-state index < -0.39 is 0 Å². The molecule has 0 aromatic carbocycles. The van der Waals surface area contributed by atoms with Crippen LogP contribution >= 0.6 is 31.9 Å². The van der Waals surface area contributed by atoms with Crippen molar-refractivity contribution >= 4 is 37.8 Å². The summed E-state index contributed by atoms with van der Waals surface area (Å²) in [5.41, 5.74) is 0. The fourth-order valence-electron chi connectivity index (χ4n) is 0.664. The van der Waals surface area contributed by atoms with Gasteiger partial charge in [0.25, 0.3) is 0 Å². The molecule has 1 atom stereocenters. The Kier molecular flexibility index (Phi) is 7.38. The lowest BCUT2D eigenvalue weighted by molar-refractivity contribution is -0.139. The van der Waals surface area contributed by atoms with Crippen molar-refractivity contribution in [1.29, 1.82) is 0 Å². The molecule has 0 heterocycles. The topological polar surface area (TPSA) is 26.3 Å². The van der Waals surface area contributed by atoms with Crippen LogP contribution in [0.5, 0.6) is 0 Å². The molecule has 0 saturated carbocycles. The first-order valence-electron chi connectivity index (χ1n) is 3.50. The maximum atomic E-state index is 10.8. The molecular formula is C7H12Br2O2. The number of halogens is 2. The largest absolute Gasteiger partial charge is 0.468 e. The molecule has 0 saturated heterocycles. The number of carbonyl (C=O) groups excluding carboxylic acids is 1. The number of hydrogen-bond donors (Lipinski definition) is 0. The summed E-state index contributed by atoms with van der Waals surface area (Å²) in [5, 5.41) is 0.994. The number of carbonyl (C=O) groups is 1. The minimum atomic E-state index is -0.181. The van der Waals surface area contributed by atoms with Crippen LogP contribution in [0.2, 0.25) is 0 Å². The molecule has 0 amide bonds. The maximum Gasteiger partial charge on any atom is 0.319 e. The van der Waals surface area contributed by atoms with E-state index >= 15 is 0 Å². The van der Waals surface area contributed by atoms with E-state index in [1.807, 2.05) is 0 Å². The van der Waals surface area contributed by atoms with Gasteiger partial charge in [-0.25, -0.2) is 0 Å². The molecule has 2 nitrogen and oxygen atoms in total. The summed E-state index contributed by atoms with van der Waals surface area (Å²) in [6, 6.07) is 0. The first-order chi connectivity index (χ1) is 5.22. The summed E-state index contributed by atoms with van der Waals surface area (Å²) in [5.74, 6) is -0.181. The summed E-state index contributed by atoms with van der Waals surface area (Å²) in [6.07, 6.45) is 2.98. The Balaban J connectivity index is 3.36. The molecule has 0 aliphatic heterocycles. The van der Waals surface area contributed by atoms with Gasteiger partial charge in [-0.1, -0.05) is 38.3 Å². The molecule has 0 aliphatic carbocycles. The zero-order chi connectivity index (χ0) is 8.69. The summed E-state index contributed by atoms with van der Waals surface area (Å²) >= 11 is 6.57. The standard InChI is InChI=1S/C7H12Br2O2/c1-11-7(10)6(9)4-2-3-5-8/h6H,2-5H2,1H3/t6-/m1/s1. The van der Waals surface area contributed by atoms with Gasteiger partial charge in [-0.3, -0.25) is 4.79 Å². The van der Waals surface area contributed by atoms with E-state index in [1.54, 1.807) is 0 Å². The Bertz CT molecular complexity index is 117. The molecule has 0 N–H and O–H groups in total. The molecule has 0 fully saturated rings. The number of rotatable bonds is 5. The summed E-state index contributed by atoms with van der Waals surface area (Å²) in [6.45, 7) is 0. The molecular weight excluding hydrogens is 276 g/mol. The van der Waals surface area contributed by atoms with Crippen LogP contribution in [0.25, 0.3) is 0 Å². The molecule has 0 aromatic rings. The summed E-state index contributed by atoms with van der Waals surface area (Å²) in [4.78, 5) is 10.7. The quantitative estimate of drug-likeness (QED) is 0.441. The van der Waals surface area contributed by atoms with Crippen molar-refractivity contribution < 1.29 is 9.53 Å². The Morgan fingerprint density at radius 3 is 2.64 bits per heavy atom. The second-order valence-electron chi connectivity index (χ2n) is 2.18. The Labute approximate surface area is 83.9 Å². The van der Waals surface area contributed by atoms with Gasteiger partial charge in [0, 0.05) is 5.33 Å². The number of methoxy groups -OCH3 is 1. The third-order valence-electron chi connectivity index (χ3n) is 1.30. The number of esters is 1. The molecule has 0 radical (unpaired) electrons. The molecule has 0 bridgehead atoms. The van der Waals surface area contributed by atoms with Gasteiger partial charge < -0.3 is 4.74 Å². The van der Waals surface area contributed by atoms with Gasteiger partial charge in [-0.2, -0.15) is 0 Å². The van der Waals surface area contributed by atoms with Gasteiger partial charge in [-0.05, 0) is 12.8 Å². The third-order valence-corrected chi connectivity index (χ3v) is 2.69. The van der Waals surface area contributed by atoms with Gasteiger partial charge in [0.1, 0.15) is 4.83 Å². The van der Waals surface area contributed by atoms with Crippen molar-refractivity contribution in [2.45, 2.75) is 24.1 Å². The van der Waals surface area contributed by atoms with E-state index in [1.165, 1.54) is 7.11 Å². The number of hydrogen-bond acceptors (Lipinski definition) is 2. The van der Waals surface area contributed by atoms with Crippen molar-refractivity contribution in [2.75, 3.05) is 12.4 Å². The van der Waals surface area contributed by atoms with Crippen LogP contribution in [-0.2, 0) is 9.53 Å². The molecule has 66 valence electrons. The molecule has 4 heteroatoms. The van der Waals surface area contributed by atoms with Crippen molar-refractivity contribution in [3.63, 3.8) is 0 Å². The van der Waals surface area contributed by atoms with E-state index in [0.29, 0.717) is 0 Å². The predicted octanol–water partition coefficient (Wildman–Crippen LogP) is 2.49. The lowest BCUT2D eigenvalue weighted by Gasteiger charge is -2.05. The fourth-order valence-corrected chi connectivity index (χ4v) is 1.57. The highest BCUT2D eigenvalue weighted by Gasteiger charge is 2.13. The summed E-state index contributed by atoms with van der Waals surface area (Å²) < 4.78 is 4.55. The van der Waals surface area contributed by atoms with Crippen LogP contribution in [0.4, 0.5) is 0 Å². The maximum absolute atomic E-state index is 10.8. The normalized spacial score (nSPS) is 12.6. The van der Waals surface area contributed by atoms with Crippen LogP contribution in [0.1, 0.15) is 19.3 Å². The molecule has 11 heavy (non-hydrogen) atoms. The lowest BCUT2D eigenvalue weighted by atomic mass is 10.2. The van der Waals surface area contributed by atoms with Gasteiger partial charge in [0.2, 0.25) is 0 Å². The lowest BCUT2D eigenvalue weighted by Crippen LogP contribution is -2.15. The second-order valence-corrected chi connectivity index (χ2v) is 4.07. The first-order valence-corrected chi connectivity index (χ1v) is 5.54. The highest BCUT2D eigenvalue weighted by atomic mass is 79.9. The SMILES string of the molecule is COC(=O)[C@H](Br)CCCCBr. The van der Waals surface area contributed by atoms with Gasteiger partial charge in [0.15, 0.2) is 0 Å². The average molecular weight is 288 g/mol. The molecule has 0 spiro atoms. The Morgan fingerprint density at radius 1 is 1.55 bits per heavy atom. The summed E-state index contributed by atoms with van der Waals surface area (Å²) in [7, 11) is 1.40. The van der Waals surface area contributed by atoms with Crippen molar-refractivity contribution in [3.8, 4) is 0 Å². The van der Waals surface area contributed by atoms with Crippen LogP contribution in [0.3, 0.4) is 0 Å². The van der Waals surface area contributed by atoms with Gasteiger partial charge in [0.05, 0.1) is 7.11 Å². The van der Waals surface area contributed by atoms with Gasteiger partial charge >= 0.3 is 5.97 Å². The van der Waals surface area contributed by atoms with Crippen LogP contribution in [0.15, 0.2) is 0 Å². The first kappa shape index (κ1) is 11.4. The highest BCUT2D eigenvalue weighted by molar-refractivity contribution is 9.10. The van der Waals surface area contributed by atoms with Crippen LogP contribution < -0.4 is 0 Å². The number of ether oxygens (including phenoxy) is 1. The average Bonchev–Trinajstić information content (AvgIpc) is 2.03. The van der Waals surface area contributed by atoms with E-state index in [-0.39, 0.29) is 10.8 Å². The van der Waals surface area contributed by atoms with Crippen LogP contribution in [-0.4, -0.2) is 23.2 Å². The van der Waals surface area contributed by atoms with E-state index in [4.69, 9.17) is 0 Å². The third kappa shape index (κ3) is 5.67. The zero-order valence-corrected chi connectivity index (χ0v) is 9.65. The van der Waals surface area contributed by atoms with Gasteiger partial charge in [-0.15, -0.1) is 0 Å². The minimum Gasteiger partial charge on any atom is -0.468 e. The molecule has 0 aliphatic rings. The Morgan fingerprint density at radius 2 is 2.18 bits per heavy atom. The van der Waals surface area contributed by atoms with E-state index in [9.17, 15) is 4.79 Å². The van der Waals surface area contributed by atoms with Crippen molar-refractivity contribution in [2.24, 2.45) is 0 Å². The zero-order valence-electron chi connectivity index (χ0n) is 6.48. The monoisotopic (exact) mass is 286 g/mol. The van der Waals surface area contributed by atoms with E-state index in [0.717, 1.165) is 24.6 Å². The second kappa shape index (κ2) is 7.10. The van der Waals surface area contributed by atoms with Crippen LogP contribution in [0, 0.1) is 0 Å². The highest BCUT2D eigenvalue weighted by Crippen LogP contribution is 2.11. The molecule has 0 aromatic heterocycles.